The Balaban J connectivity index is 2.11. The smallest absolute Gasteiger partial charge is 0.295 e. The van der Waals surface area contributed by atoms with Gasteiger partial charge in [0, 0.05) is 11.5 Å². The lowest BCUT2D eigenvalue weighted by atomic mass is 10.1. The molecule has 25 heavy (non-hydrogen) atoms. The molecule has 0 radical (unpaired) electrons. The summed E-state index contributed by atoms with van der Waals surface area (Å²) < 4.78 is 6.13. The Morgan fingerprint density at radius 2 is 1.56 bits per heavy atom. The third-order valence-corrected chi connectivity index (χ3v) is 4.13. The van der Waals surface area contributed by atoms with Crippen molar-refractivity contribution in [2.45, 2.75) is 6.92 Å². The molecule has 122 valence electrons. The van der Waals surface area contributed by atoms with Crippen LogP contribution in [-0.2, 0) is 0 Å². The van der Waals surface area contributed by atoms with Gasteiger partial charge in [0.05, 0.1) is 15.8 Å². The maximum atomic E-state index is 11.4. The van der Waals surface area contributed by atoms with Gasteiger partial charge >= 0.3 is 0 Å². The summed E-state index contributed by atoms with van der Waals surface area (Å²) in [6, 6.07) is 20.1. The Bertz CT molecular complexity index is 1110. The Morgan fingerprint density at radius 3 is 2.28 bits per heavy atom. The van der Waals surface area contributed by atoms with Crippen LogP contribution in [0.1, 0.15) is 5.56 Å². The molecule has 0 saturated carbocycles. The normalized spacial score (nSPS) is 10.9. The highest BCUT2D eigenvalue weighted by atomic mass is 16.6. The van der Waals surface area contributed by atoms with Gasteiger partial charge in [0.15, 0.2) is 5.52 Å². The van der Waals surface area contributed by atoms with E-state index in [0.717, 1.165) is 10.9 Å². The standard InChI is InChI=1S/C20H14N2O3/c1-13-7-5-10-15-18(13)21-19-16(11-6-12-17(19)22(23)24)20(15)25-14-8-3-2-4-9-14/h2-12H,1H3. The van der Waals surface area contributed by atoms with Crippen LogP contribution in [0.2, 0.25) is 0 Å². The number of para-hydroxylation sites is 3. The second kappa shape index (κ2) is 5.87. The van der Waals surface area contributed by atoms with Gasteiger partial charge in [-0.1, -0.05) is 36.4 Å². The van der Waals surface area contributed by atoms with Crippen LogP contribution in [0.25, 0.3) is 21.8 Å². The molecule has 0 aliphatic carbocycles. The average molecular weight is 330 g/mol. The average Bonchev–Trinajstić information content (AvgIpc) is 2.62. The van der Waals surface area contributed by atoms with Gasteiger partial charge in [-0.05, 0) is 36.8 Å². The van der Waals surface area contributed by atoms with Gasteiger partial charge in [-0.15, -0.1) is 0 Å². The largest absolute Gasteiger partial charge is 0.456 e. The van der Waals surface area contributed by atoms with Crippen molar-refractivity contribution in [3.05, 3.63) is 82.4 Å². The van der Waals surface area contributed by atoms with Crippen LogP contribution in [0, 0.1) is 17.0 Å². The first-order valence-corrected chi connectivity index (χ1v) is 7.84. The van der Waals surface area contributed by atoms with E-state index in [1.165, 1.54) is 6.07 Å². The minimum Gasteiger partial charge on any atom is -0.456 e. The summed E-state index contributed by atoms with van der Waals surface area (Å²) >= 11 is 0. The molecular formula is C20H14N2O3. The molecule has 4 rings (SSSR count). The highest BCUT2D eigenvalue weighted by Crippen LogP contribution is 2.39. The summed E-state index contributed by atoms with van der Waals surface area (Å²) in [5, 5.41) is 12.9. The molecule has 0 atom stereocenters. The maximum absolute atomic E-state index is 11.4. The Morgan fingerprint density at radius 1 is 0.880 bits per heavy atom. The molecule has 0 N–H and O–H groups in total. The number of non-ortho nitro benzene ring substituents is 1. The molecule has 0 saturated heterocycles. The molecule has 5 nitrogen and oxygen atoms in total. The first-order chi connectivity index (χ1) is 12.1. The lowest BCUT2D eigenvalue weighted by molar-refractivity contribution is -0.383. The van der Waals surface area contributed by atoms with Crippen molar-refractivity contribution in [2.24, 2.45) is 0 Å². The molecule has 0 amide bonds. The van der Waals surface area contributed by atoms with Crippen LogP contribution in [0.5, 0.6) is 11.5 Å². The number of fused-ring (bicyclic) bond motifs is 2. The fourth-order valence-corrected chi connectivity index (χ4v) is 2.94. The Kier molecular flexibility index (Phi) is 3.54. The molecule has 0 spiro atoms. The van der Waals surface area contributed by atoms with Crippen molar-refractivity contribution < 1.29 is 9.66 Å². The van der Waals surface area contributed by atoms with Crippen LogP contribution in [0.3, 0.4) is 0 Å². The minimum absolute atomic E-state index is 0.0273. The lowest BCUT2D eigenvalue weighted by Gasteiger charge is -2.13. The fourth-order valence-electron chi connectivity index (χ4n) is 2.94. The van der Waals surface area contributed by atoms with Gasteiger partial charge in [-0.2, -0.15) is 0 Å². The predicted molar refractivity (Wildman–Crippen MR) is 97.2 cm³/mol. The van der Waals surface area contributed by atoms with E-state index < -0.39 is 4.92 Å². The van der Waals surface area contributed by atoms with Crippen LogP contribution < -0.4 is 4.74 Å². The van der Waals surface area contributed by atoms with Crippen molar-refractivity contribution >= 4 is 27.5 Å². The molecule has 5 heteroatoms. The van der Waals surface area contributed by atoms with E-state index in [9.17, 15) is 10.1 Å². The van der Waals surface area contributed by atoms with E-state index in [2.05, 4.69) is 4.98 Å². The molecule has 0 fully saturated rings. The van der Waals surface area contributed by atoms with Crippen molar-refractivity contribution in [3.8, 4) is 11.5 Å². The molecule has 1 aromatic heterocycles. The number of nitro benzene ring substituents is 1. The highest BCUT2D eigenvalue weighted by Gasteiger charge is 2.19. The van der Waals surface area contributed by atoms with Gasteiger partial charge in [-0.25, -0.2) is 4.98 Å². The van der Waals surface area contributed by atoms with E-state index >= 15 is 0 Å². The van der Waals surface area contributed by atoms with Crippen LogP contribution in [0.4, 0.5) is 5.69 Å². The zero-order chi connectivity index (χ0) is 17.4. The second-order valence-corrected chi connectivity index (χ2v) is 5.76. The molecule has 0 aliphatic heterocycles. The zero-order valence-electron chi connectivity index (χ0n) is 13.5. The first-order valence-electron chi connectivity index (χ1n) is 7.84. The highest BCUT2D eigenvalue weighted by molar-refractivity contribution is 6.04. The molecular weight excluding hydrogens is 316 g/mol. The van der Waals surface area contributed by atoms with Gasteiger partial charge in [-0.3, -0.25) is 10.1 Å². The molecule has 0 aliphatic rings. The summed E-state index contributed by atoms with van der Waals surface area (Å²) in [6.45, 7) is 1.93. The van der Waals surface area contributed by atoms with Gasteiger partial charge in [0.2, 0.25) is 0 Å². The fraction of sp³-hybridized carbons (Fsp3) is 0.0500. The van der Waals surface area contributed by atoms with Crippen molar-refractivity contribution in [3.63, 3.8) is 0 Å². The van der Waals surface area contributed by atoms with Crippen molar-refractivity contribution in [1.29, 1.82) is 0 Å². The molecule has 0 bridgehead atoms. The number of nitro groups is 1. The summed E-state index contributed by atoms with van der Waals surface area (Å²) in [5.74, 6) is 1.25. The maximum Gasteiger partial charge on any atom is 0.295 e. The molecule has 1 heterocycles. The Labute approximate surface area is 143 Å². The van der Waals surface area contributed by atoms with Crippen LogP contribution in [-0.4, -0.2) is 9.91 Å². The third-order valence-electron chi connectivity index (χ3n) is 4.13. The van der Waals surface area contributed by atoms with Gasteiger partial charge < -0.3 is 4.74 Å². The van der Waals surface area contributed by atoms with E-state index in [-0.39, 0.29) is 5.69 Å². The van der Waals surface area contributed by atoms with Gasteiger partial charge in [0.25, 0.3) is 5.69 Å². The van der Waals surface area contributed by atoms with Crippen molar-refractivity contribution in [1.82, 2.24) is 4.98 Å². The SMILES string of the molecule is Cc1cccc2c(Oc3ccccc3)c3cccc([N+](=O)[O-])c3nc12. The molecule has 0 unspecified atom stereocenters. The third kappa shape index (κ3) is 2.55. The number of benzene rings is 3. The minimum atomic E-state index is -0.411. The lowest BCUT2D eigenvalue weighted by Crippen LogP contribution is -1.96. The van der Waals surface area contributed by atoms with Crippen molar-refractivity contribution in [2.75, 3.05) is 0 Å². The van der Waals surface area contributed by atoms with E-state index in [4.69, 9.17) is 4.74 Å². The van der Waals surface area contributed by atoms with E-state index in [0.29, 0.717) is 27.9 Å². The monoisotopic (exact) mass is 330 g/mol. The number of rotatable bonds is 3. The zero-order valence-corrected chi connectivity index (χ0v) is 13.5. The Hall–Kier alpha value is -3.47. The van der Waals surface area contributed by atoms with E-state index in [1.54, 1.807) is 12.1 Å². The van der Waals surface area contributed by atoms with E-state index in [1.807, 2.05) is 55.5 Å². The number of ether oxygens (including phenoxy) is 1. The summed E-state index contributed by atoms with van der Waals surface area (Å²) in [4.78, 5) is 15.6. The summed E-state index contributed by atoms with van der Waals surface area (Å²) in [5.41, 5.74) is 1.95. The number of aromatic nitrogens is 1. The molecule has 4 aromatic rings. The topological polar surface area (TPSA) is 65.3 Å². The summed E-state index contributed by atoms with van der Waals surface area (Å²) in [7, 11) is 0. The number of hydrogen-bond donors (Lipinski definition) is 0. The summed E-state index contributed by atoms with van der Waals surface area (Å²) in [6.07, 6.45) is 0. The van der Waals surface area contributed by atoms with Gasteiger partial charge in [0.1, 0.15) is 11.5 Å². The quantitative estimate of drug-likeness (QED) is 0.287. The number of hydrogen-bond acceptors (Lipinski definition) is 4. The number of aryl methyl sites for hydroxylation is 1. The number of pyridine rings is 1. The van der Waals surface area contributed by atoms with Crippen LogP contribution >= 0.6 is 0 Å². The first kappa shape index (κ1) is 15.1. The number of nitrogens with zero attached hydrogens (tertiary/aromatic N) is 2. The predicted octanol–water partition coefficient (Wildman–Crippen LogP) is 5.40. The molecule has 3 aromatic carbocycles. The second-order valence-electron chi connectivity index (χ2n) is 5.76. The van der Waals surface area contributed by atoms with Crippen LogP contribution in [0.15, 0.2) is 66.7 Å².